The van der Waals surface area contributed by atoms with Crippen molar-refractivity contribution in [2.75, 3.05) is 13.1 Å². The van der Waals surface area contributed by atoms with Crippen molar-refractivity contribution >= 4 is 11.8 Å². The van der Waals surface area contributed by atoms with Crippen LogP contribution in [0, 0.1) is 12.8 Å². The van der Waals surface area contributed by atoms with Crippen LogP contribution in [0.5, 0.6) is 0 Å². The zero-order chi connectivity index (χ0) is 18.4. The highest BCUT2D eigenvalue weighted by Crippen LogP contribution is 2.21. The van der Waals surface area contributed by atoms with Crippen LogP contribution in [0.25, 0.3) is 0 Å². The van der Waals surface area contributed by atoms with Crippen LogP contribution in [0.4, 0.5) is 0 Å². The maximum Gasteiger partial charge on any atom is 0.311 e. The first-order valence-electron chi connectivity index (χ1n) is 9.28. The molecule has 3 rings (SSSR count). The van der Waals surface area contributed by atoms with E-state index < -0.39 is 11.8 Å². The standard InChI is InChI=1S/C22H26N2O2/c1-17-6-5-9-20(14-17)16-23-21(25)22(26)24-12-10-19(11-13-24)15-18-7-3-2-4-8-18/h2-9,14,19H,10-13,15-16H2,1H3,(H,23,25). The highest BCUT2D eigenvalue weighted by Gasteiger charge is 2.26. The number of piperidine rings is 1. The Morgan fingerprint density at radius 1 is 1.00 bits per heavy atom. The first-order valence-corrected chi connectivity index (χ1v) is 9.28. The van der Waals surface area contributed by atoms with Crippen molar-refractivity contribution in [2.45, 2.75) is 32.7 Å². The minimum Gasteiger partial charge on any atom is -0.344 e. The molecule has 0 spiro atoms. The van der Waals surface area contributed by atoms with Gasteiger partial charge >= 0.3 is 11.8 Å². The quantitative estimate of drug-likeness (QED) is 0.862. The fourth-order valence-corrected chi connectivity index (χ4v) is 3.51. The van der Waals surface area contributed by atoms with Crippen LogP contribution >= 0.6 is 0 Å². The van der Waals surface area contributed by atoms with E-state index in [1.807, 2.05) is 37.3 Å². The topological polar surface area (TPSA) is 49.4 Å². The molecule has 2 aromatic carbocycles. The molecule has 0 atom stereocenters. The third kappa shape index (κ3) is 4.94. The Kier molecular flexibility index (Phi) is 6.05. The summed E-state index contributed by atoms with van der Waals surface area (Å²) in [7, 11) is 0. The van der Waals surface area contributed by atoms with E-state index in [0.717, 1.165) is 30.4 Å². The van der Waals surface area contributed by atoms with E-state index in [1.165, 1.54) is 5.56 Å². The molecule has 26 heavy (non-hydrogen) atoms. The lowest BCUT2D eigenvalue weighted by Gasteiger charge is -2.31. The van der Waals surface area contributed by atoms with Gasteiger partial charge in [0.1, 0.15) is 0 Å². The Bertz CT molecular complexity index is 750. The first kappa shape index (κ1) is 18.2. The highest BCUT2D eigenvalue weighted by atomic mass is 16.2. The number of carbonyl (C=O) groups is 2. The number of aryl methyl sites for hydroxylation is 1. The molecule has 0 aromatic heterocycles. The number of hydrogen-bond donors (Lipinski definition) is 1. The minimum atomic E-state index is -0.506. The molecule has 1 saturated heterocycles. The van der Waals surface area contributed by atoms with Gasteiger partial charge in [-0.05, 0) is 43.2 Å². The maximum absolute atomic E-state index is 12.4. The molecule has 1 N–H and O–H groups in total. The van der Waals surface area contributed by atoms with Gasteiger partial charge in [0.25, 0.3) is 0 Å². The molecule has 1 aliphatic heterocycles. The molecule has 4 nitrogen and oxygen atoms in total. The second kappa shape index (κ2) is 8.65. The Hall–Kier alpha value is -2.62. The van der Waals surface area contributed by atoms with Crippen LogP contribution in [0.1, 0.15) is 29.5 Å². The van der Waals surface area contributed by atoms with Crippen molar-refractivity contribution in [1.29, 1.82) is 0 Å². The number of rotatable bonds is 4. The zero-order valence-electron chi connectivity index (χ0n) is 15.3. The van der Waals surface area contributed by atoms with Gasteiger partial charge in [-0.3, -0.25) is 9.59 Å². The largest absolute Gasteiger partial charge is 0.344 e. The predicted octanol–water partition coefficient (Wildman–Crippen LogP) is 3.09. The molecule has 0 saturated carbocycles. The van der Waals surface area contributed by atoms with Crippen LogP contribution < -0.4 is 5.32 Å². The third-order valence-corrected chi connectivity index (χ3v) is 5.00. The summed E-state index contributed by atoms with van der Waals surface area (Å²) in [5.41, 5.74) is 3.49. The Morgan fingerprint density at radius 2 is 1.69 bits per heavy atom. The SMILES string of the molecule is Cc1cccc(CNC(=O)C(=O)N2CCC(Cc3ccccc3)CC2)c1. The number of nitrogens with zero attached hydrogens (tertiary/aromatic N) is 1. The van der Waals surface area contributed by atoms with Gasteiger partial charge in [-0.15, -0.1) is 0 Å². The zero-order valence-corrected chi connectivity index (χ0v) is 15.3. The number of amides is 2. The summed E-state index contributed by atoms with van der Waals surface area (Å²) in [6, 6.07) is 18.4. The van der Waals surface area contributed by atoms with Crippen molar-refractivity contribution in [3.05, 3.63) is 71.3 Å². The molecule has 136 valence electrons. The van der Waals surface area contributed by atoms with Crippen LogP contribution in [-0.4, -0.2) is 29.8 Å². The van der Waals surface area contributed by atoms with Crippen molar-refractivity contribution in [2.24, 2.45) is 5.92 Å². The molecule has 0 aliphatic carbocycles. The van der Waals surface area contributed by atoms with Gasteiger partial charge in [0.2, 0.25) is 0 Å². The Morgan fingerprint density at radius 3 is 2.38 bits per heavy atom. The van der Waals surface area contributed by atoms with Crippen LogP contribution in [0.3, 0.4) is 0 Å². The molecule has 1 heterocycles. The molecule has 0 unspecified atom stereocenters. The van der Waals surface area contributed by atoms with Crippen molar-refractivity contribution in [1.82, 2.24) is 10.2 Å². The fourth-order valence-electron chi connectivity index (χ4n) is 3.51. The number of hydrogen-bond acceptors (Lipinski definition) is 2. The molecule has 1 aliphatic rings. The van der Waals surface area contributed by atoms with Gasteiger partial charge in [-0.1, -0.05) is 60.2 Å². The van der Waals surface area contributed by atoms with E-state index in [4.69, 9.17) is 0 Å². The monoisotopic (exact) mass is 350 g/mol. The summed E-state index contributed by atoms with van der Waals surface area (Å²) >= 11 is 0. The Labute approximate surface area is 155 Å². The molecular formula is C22H26N2O2. The summed E-state index contributed by atoms with van der Waals surface area (Å²) in [4.78, 5) is 26.2. The lowest BCUT2D eigenvalue weighted by molar-refractivity contribution is -0.146. The van der Waals surface area contributed by atoms with Crippen molar-refractivity contribution < 1.29 is 9.59 Å². The van der Waals surface area contributed by atoms with Crippen LogP contribution in [0.15, 0.2) is 54.6 Å². The van der Waals surface area contributed by atoms with Gasteiger partial charge in [-0.25, -0.2) is 0 Å². The lowest BCUT2D eigenvalue weighted by atomic mass is 9.90. The Balaban J connectivity index is 1.44. The van der Waals surface area contributed by atoms with Crippen molar-refractivity contribution in [3.63, 3.8) is 0 Å². The molecular weight excluding hydrogens is 324 g/mol. The maximum atomic E-state index is 12.4. The summed E-state index contributed by atoms with van der Waals surface area (Å²) in [6.07, 6.45) is 2.94. The van der Waals surface area contributed by atoms with E-state index in [-0.39, 0.29) is 0 Å². The van der Waals surface area contributed by atoms with Gasteiger partial charge in [-0.2, -0.15) is 0 Å². The summed E-state index contributed by atoms with van der Waals surface area (Å²) in [6.45, 7) is 3.72. The smallest absolute Gasteiger partial charge is 0.311 e. The first-order chi connectivity index (χ1) is 12.6. The van der Waals surface area contributed by atoms with E-state index >= 15 is 0 Å². The van der Waals surface area contributed by atoms with Crippen molar-refractivity contribution in [3.8, 4) is 0 Å². The van der Waals surface area contributed by atoms with Crippen LogP contribution in [-0.2, 0) is 22.6 Å². The lowest BCUT2D eigenvalue weighted by Crippen LogP contribution is -2.46. The summed E-state index contributed by atoms with van der Waals surface area (Å²) in [5, 5.41) is 2.74. The van der Waals surface area contributed by atoms with Gasteiger partial charge in [0.05, 0.1) is 0 Å². The van der Waals surface area contributed by atoms with Crippen LogP contribution in [0.2, 0.25) is 0 Å². The minimum absolute atomic E-state index is 0.386. The highest BCUT2D eigenvalue weighted by molar-refractivity contribution is 6.34. The predicted molar refractivity (Wildman–Crippen MR) is 102 cm³/mol. The third-order valence-electron chi connectivity index (χ3n) is 5.00. The molecule has 2 amide bonds. The molecule has 0 radical (unpaired) electrons. The van der Waals surface area contributed by atoms with E-state index in [9.17, 15) is 9.59 Å². The van der Waals surface area contributed by atoms with Gasteiger partial charge < -0.3 is 10.2 Å². The fraction of sp³-hybridized carbons (Fsp3) is 0.364. The second-order valence-corrected chi connectivity index (χ2v) is 7.10. The molecule has 1 fully saturated rings. The average molecular weight is 350 g/mol. The number of benzene rings is 2. The average Bonchev–Trinajstić information content (AvgIpc) is 2.67. The van der Waals surface area contributed by atoms with E-state index in [2.05, 4.69) is 29.6 Å². The number of carbonyl (C=O) groups excluding carboxylic acids is 2. The number of nitrogens with one attached hydrogen (secondary N) is 1. The van der Waals surface area contributed by atoms with E-state index in [1.54, 1.807) is 4.90 Å². The normalized spacial score (nSPS) is 14.9. The molecule has 4 heteroatoms. The van der Waals surface area contributed by atoms with E-state index in [0.29, 0.717) is 25.6 Å². The molecule has 2 aromatic rings. The number of likely N-dealkylation sites (tertiary alicyclic amines) is 1. The second-order valence-electron chi connectivity index (χ2n) is 7.10. The molecule has 0 bridgehead atoms. The van der Waals surface area contributed by atoms with Gasteiger partial charge in [0, 0.05) is 19.6 Å². The van der Waals surface area contributed by atoms with Gasteiger partial charge in [0.15, 0.2) is 0 Å². The summed E-state index contributed by atoms with van der Waals surface area (Å²) < 4.78 is 0. The summed E-state index contributed by atoms with van der Waals surface area (Å²) in [5.74, 6) is -0.333.